The maximum atomic E-state index is 12.3. The smallest absolute Gasteiger partial charge is 0.358 e. The Morgan fingerprint density at radius 1 is 1.22 bits per heavy atom. The van der Waals surface area contributed by atoms with E-state index in [1.807, 2.05) is 30.3 Å². The molecule has 1 aliphatic rings. The normalized spacial score (nSPS) is 14.7. The van der Waals surface area contributed by atoms with Gasteiger partial charge in [-0.1, -0.05) is 18.2 Å². The molecule has 0 spiro atoms. The van der Waals surface area contributed by atoms with Crippen molar-refractivity contribution >= 4 is 23.3 Å². The maximum Gasteiger partial charge on any atom is 0.381 e. The minimum absolute atomic E-state index is 0.0148. The molecule has 0 radical (unpaired) electrons. The van der Waals surface area contributed by atoms with Crippen molar-refractivity contribution in [3.63, 3.8) is 0 Å². The molecule has 1 fully saturated rings. The number of nitro groups is 1. The Morgan fingerprint density at radius 3 is 2.56 bits per heavy atom. The van der Waals surface area contributed by atoms with E-state index in [4.69, 9.17) is 0 Å². The number of amides is 2. The van der Waals surface area contributed by atoms with E-state index in [1.165, 1.54) is 17.1 Å². The zero-order valence-corrected chi connectivity index (χ0v) is 14.8. The third kappa shape index (κ3) is 4.90. The predicted octanol–water partition coefficient (Wildman–Crippen LogP) is 2.06. The summed E-state index contributed by atoms with van der Waals surface area (Å²) in [4.78, 5) is 40.1. The Morgan fingerprint density at radius 2 is 1.93 bits per heavy atom. The third-order valence-electron chi connectivity index (χ3n) is 4.65. The summed E-state index contributed by atoms with van der Waals surface area (Å²) in [5.41, 5.74) is 0.774. The van der Waals surface area contributed by atoms with Crippen LogP contribution in [0.15, 0.2) is 42.9 Å². The van der Waals surface area contributed by atoms with E-state index in [0.29, 0.717) is 32.5 Å². The van der Waals surface area contributed by atoms with Gasteiger partial charge < -0.3 is 24.9 Å². The summed E-state index contributed by atoms with van der Waals surface area (Å²) in [5.74, 6) is -0.370. The van der Waals surface area contributed by atoms with Gasteiger partial charge in [-0.3, -0.25) is 9.59 Å². The van der Waals surface area contributed by atoms with Gasteiger partial charge in [-0.15, -0.1) is 0 Å². The van der Waals surface area contributed by atoms with Crippen molar-refractivity contribution in [1.82, 2.24) is 14.5 Å². The highest BCUT2D eigenvalue weighted by Crippen LogP contribution is 2.20. The standard InChI is InChI=1S/C18H21N5O4/c24-17(8-9-21-12-16(19-13-21)23(26)27)22-10-6-14(7-11-22)18(25)20-15-4-2-1-3-5-15/h1-5,12-14H,6-11H2,(H,20,25). The van der Waals surface area contributed by atoms with Gasteiger partial charge in [0, 0.05) is 37.7 Å². The van der Waals surface area contributed by atoms with Crippen molar-refractivity contribution < 1.29 is 14.5 Å². The van der Waals surface area contributed by atoms with E-state index in [2.05, 4.69) is 10.3 Å². The molecular formula is C18H21N5O4. The topological polar surface area (TPSA) is 110 Å². The first-order chi connectivity index (χ1) is 13.0. The summed E-state index contributed by atoms with van der Waals surface area (Å²) in [6.07, 6.45) is 4.16. The lowest BCUT2D eigenvalue weighted by atomic mass is 9.95. The number of anilines is 1. The summed E-state index contributed by atoms with van der Waals surface area (Å²) < 4.78 is 1.54. The van der Waals surface area contributed by atoms with E-state index in [0.717, 1.165) is 5.69 Å². The van der Waals surface area contributed by atoms with E-state index in [-0.39, 0.29) is 30.0 Å². The first-order valence-electron chi connectivity index (χ1n) is 8.83. The number of hydrogen-bond acceptors (Lipinski definition) is 5. The Labute approximate surface area is 156 Å². The summed E-state index contributed by atoms with van der Waals surface area (Å²) in [5, 5.41) is 13.5. The van der Waals surface area contributed by atoms with Crippen LogP contribution >= 0.6 is 0 Å². The molecular weight excluding hydrogens is 350 g/mol. The van der Waals surface area contributed by atoms with Gasteiger partial charge in [0.15, 0.2) is 0 Å². The number of para-hydroxylation sites is 1. The van der Waals surface area contributed by atoms with Gasteiger partial charge in [0.2, 0.25) is 18.1 Å². The van der Waals surface area contributed by atoms with Crippen LogP contribution in [0.4, 0.5) is 11.5 Å². The highest BCUT2D eigenvalue weighted by atomic mass is 16.6. The van der Waals surface area contributed by atoms with Gasteiger partial charge in [0.1, 0.15) is 6.20 Å². The lowest BCUT2D eigenvalue weighted by Crippen LogP contribution is -2.41. The molecule has 2 aromatic rings. The summed E-state index contributed by atoms with van der Waals surface area (Å²) in [6, 6.07) is 9.31. The molecule has 0 bridgehead atoms. The van der Waals surface area contributed by atoms with Crippen LogP contribution in [0.25, 0.3) is 0 Å². The van der Waals surface area contributed by atoms with Gasteiger partial charge >= 0.3 is 5.82 Å². The third-order valence-corrected chi connectivity index (χ3v) is 4.65. The quantitative estimate of drug-likeness (QED) is 0.617. The second-order valence-electron chi connectivity index (χ2n) is 6.49. The molecule has 0 saturated carbocycles. The minimum Gasteiger partial charge on any atom is -0.358 e. The maximum absolute atomic E-state index is 12.3. The molecule has 9 nitrogen and oxygen atoms in total. The van der Waals surface area contributed by atoms with Crippen LogP contribution in [0.2, 0.25) is 0 Å². The van der Waals surface area contributed by atoms with Crippen molar-refractivity contribution in [2.75, 3.05) is 18.4 Å². The van der Waals surface area contributed by atoms with Gasteiger partial charge in [-0.25, -0.2) is 0 Å². The lowest BCUT2D eigenvalue weighted by molar-refractivity contribution is -0.389. The van der Waals surface area contributed by atoms with Gasteiger partial charge in [-0.05, 0) is 34.9 Å². The van der Waals surface area contributed by atoms with Crippen LogP contribution in [0, 0.1) is 16.0 Å². The molecule has 142 valence electrons. The number of nitrogens with one attached hydrogen (secondary N) is 1. The van der Waals surface area contributed by atoms with Crippen LogP contribution < -0.4 is 5.32 Å². The second kappa shape index (κ2) is 8.43. The lowest BCUT2D eigenvalue weighted by Gasteiger charge is -2.31. The average Bonchev–Trinajstić information content (AvgIpc) is 3.16. The van der Waals surface area contributed by atoms with Gasteiger partial charge in [0.05, 0.1) is 0 Å². The number of piperidine rings is 1. The van der Waals surface area contributed by atoms with Crippen molar-refractivity contribution in [2.24, 2.45) is 5.92 Å². The monoisotopic (exact) mass is 371 g/mol. The van der Waals surface area contributed by atoms with Crippen molar-refractivity contribution in [3.8, 4) is 0 Å². The molecule has 1 aromatic heterocycles. The Kier molecular flexibility index (Phi) is 5.80. The fourth-order valence-electron chi connectivity index (χ4n) is 3.10. The number of carbonyl (C=O) groups excluding carboxylic acids is 2. The van der Waals surface area contributed by atoms with E-state index >= 15 is 0 Å². The average molecular weight is 371 g/mol. The number of aromatic nitrogens is 2. The predicted molar refractivity (Wildman–Crippen MR) is 97.9 cm³/mol. The highest BCUT2D eigenvalue weighted by molar-refractivity contribution is 5.92. The molecule has 0 atom stereocenters. The fraction of sp³-hybridized carbons (Fsp3) is 0.389. The minimum atomic E-state index is -0.566. The van der Waals surface area contributed by atoms with Crippen LogP contribution in [0.1, 0.15) is 19.3 Å². The van der Waals surface area contributed by atoms with Crippen molar-refractivity contribution in [1.29, 1.82) is 0 Å². The zero-order valence-electron chi connectivity index (χ0n) is 14.8. The molecule has 2 amide bonds. The Balaban J connectivity index is 1.43. The number of likely N-dealkylation sites (tertiary alicyclic amines) is 1. The number of benzene rings is 1. The molecule has 1 saturated heterocycles. The second-order valence-corrected chi connectivity index (χ2v) is 6.49. The summed E-state index contributed by atoms with van der Waals surface area (Å²) in [6.45, 7) is 1.42. The molecule has 0 unspecified atom stereocenters. The van der Waals surface area contributed by atoms with Crippen LogP contribution in [-0.2, 0) is 16.1 Å². The fourth-order valence-corrected chi connectivity index (χ4v) is 3.10. The first kappa shape index (κ1) is 18.6. The number of rotatable bonds is 6. The molecule has 1 aromatic carbocycles. The van der Waals surface area contributed by atoms with Crippen LogP contribution in [-0.4, -0.2) is 44.3 Å². The van der Waals surface area contributed by atoms with E-state index < -0.39 is 4.92 Å². The molecule has 9 heteroatoms. The van der Waals surface area contributed by atoms with Crippen molar-refractivity contribution in [2.45, 2.75) is 25.8 Å². The van der Waals surface area contributed by atoms with Crippen molar-refractivity contribution in [3.05, 3.63) is 53.0 Å². The Hall–Kier alpha value is -3.23. The molecule has 1 aliphatic heterocycles. The van der Waals surface area contributed by atoms with Gasteiger partial charge in [-0.2, -0.15) is 0 Å². The molecule has 27 heavy (non-hydrogen) atoms. The Bertz CT molecular complexity index is 812. The molecule has 2 heterocycles. The number of aryl methyl sites for hydroxylation is 1. The van der Waals surface area contributed by atoms with E-state index in [9.17, 15) is 19.7 Å². The van der Waals surface area contributed by atoms with Crippen LogP contribution in [0.3, 0.4) is 0 Å². The van der Waals surface area contributed by atoms with E-state index in [1.54, 1.807) is 4.90 Å². The molecule has 1 N–H and O–H groups in total. The number of hydrogen-bond donors (Lipinski definition) is 1. The number of imidazole rings is 1. The highest BCUT2D eigenvalue weighted by Gasteiger charge is 2.27. The number of nitrogens with zero attached hydrogens (tertiary/aromatic N) is 4. The first-order valence-corrected chi connectivity index (χ1v) is 8.83. The molecule has 3 rings (SSSR count). The van der Waals surface area contributed by atoms with Crippen LogP contribution in [0.5, 0.6) is 0 Å². The largest absolute Gasteiger partial charge is 0.381 e. The summed E-state index contributed by atoms with van der Waals surface area (Å²) >= 11 is 0. The van der Waals surface area contributed by atoms with Gasteiger partial charge in [0.25, 0.3) is 0 Å². The number of carbonyl (C=O) groups is 2. The summed E-state index contributed by atoms with van der Waals surface area (Å²) in [7, 11) is 0. The molecule has 0 aliphatic carbocycles. The SMILES string of the molecule is O=C(Nc1ccccc1)C1CCN(C(=O)CCn2cnc([N+](=O)[O-])c2)CC1. The zero-order chi connectivity index (χ0) is 19.2.